The smallest absolute Gasteiger partial charge is 0.338 e. The van der Waals surface area contributed by atoms with Crippen molar-refractivity contribution in [2.75, 3.05) is 12.8 Å². The quantitative estimate of drug-likeness (QED) is 0.694. The maximum Gasteiger partial charge on any atom is 0.338 e. The lowest BCUT2D eigenvalue weighted by Crippen LogP contribution is -2.06. The van der Waals surface area contributed by atoms with Crippen LogP contribution >= 0.6 is 11.6 Å². The molecule has 0 heterocycles. The van der Waals surface area contributed by atoms with E-state index in [0.717, 1.165) is 0 Å². The van der Waals surface area contributed by atoms with Crippen LogP contribution in [0.4, 0.5) is 10.1 Å². The average molecular weight is 310 g/mol. The highest BCUT2D eigenvalue weighted by Gasteiger charge is 2.11. The largest absolute Gasteiger partial charge is 0.497 e. The number of anilines is 1. The summed E-state index contributed by atoms with van der Waals surface area (Å²) in [7, 11) is 1.48. The first-order valence-electron chi connectivity index (χ1n) is 6.05. The molecular formula is C15H13ClFNO3. The minimum Gasteiger partial charge on any atom is -0.497 e. The molecule has 0 saturated heterocycles. The third kappa shape index (κ3) is 3.86. The van der Waals surface area contributed by atoms with E-state index in [2.05, 4.69) is 0 Å². The molecule has 2 aromatic carbocycles. The van der Waals surface area contributed by atoms with Crippen molar-refractivity contribution >= 4 is 23.3 Å². The Bertz CT molecular complexity index is 676. The van der Waals surface area contributed by atoms with Gasteiger partial charge in [0, 0.05) is 11.8 Å². The summed E-state index contributed by atoms with van der Waals surface area (Å²) in [5, 5.41) is -0.0193. The number of halogens is 2. The molecule has 6 heteroatoms. The van der Waals surface area contributed by atoms with Crippen molar-refractivity contribution in [2.24, 2.45) is 0 Å². The molecule has 0 spiro atoms. The fourth-order valence-electron chi connectivity index (χ4n) is 1.72. The third-order valence-corrected chi connectivity index (χ3v) is 3.04. The van der Waals surface area contributed by atoms with E-state index in [4.69, 9.17) is 26.8 Å². The number of hydrogen-bond donors (Lipinski definition) is 1. The molecule has 0 radical (unpaired) electrons. The predicted octanol–water partition coefficient (Wildman–Crippen LogP) is 3.43. The monoisotopic (exact) mass is 309 g/mol. The number of nitrogen functional groups attached to an aromatic ring is 1. The summed E-state index contributed by atoms with van der Waals surface area (Å²) in [6, 6.07) is 8.73. The van der Waals surface area contributed by atoms with Crippen LogP contribution in [0.25, 0.3) is 0 Å². The Morgan fingerprint density at radius 3 is 2.71 bits per heavy atom. The highest BCUT2D eigenvalue weighted by atomic mass is 35.5. The van der Waals surface area contributed by atoms with Crippen molar-refractivity contribution in [1.29, 1.82) is 0 Å². The zero-order valence-electron chi connectivity index (χ0n) is 11.2. The van der Waals surface area contributed by atoms with E-state index in [1.54, 1.807) is 6.07 Å². The first kappa shape index (κ1) is 15.1. The number of carbonyl (C=O) groups excluding carboxylic acids is 1. The van der Waals surface area contributed by atoms with Gasteiger partial charge in [0.1, 0.15) is 18.2 Å². The van der Waals surface area contributed by atoms with Crippen LogP contribution in [0.15, 0.2) is 36.4 Å². The Hall–Kier alpha value is -2.27. The van der Waals surface area contributed by atoms with Crippen LogP contribution in [-0.2, 0) is 11.3 Å². The molecule has 2 rings (SSSR count). The fourth-order valence-corrected chi connectivity index (χ4v) is 1.92. The minimum atomic E-state index is -0.555. The molecular weight excluding hydrogens is 297 g/mol. The van der Waals surface area contributed by atoms with Gasteiger partial charge < -0.3 is 15.2 Å². The normalized spacial score (nSPS) is 10.2. The lowest BCUT2D eigenvalue weighted by molar-refractivity contribution is 0.0472. The molecule has 0 aliphatic rings. The third-order valence-electron chi connectivity index (χ3n) is 2.75. The van der Waals surface area contributed by atoms with E-state index in [0.29, 0.717) is 17.0 Å². The Morgan fingerprint density at radius 2 is 2.05 bits per heavy atom. The highest BCUT2D eigenvalue weighted by molar-refractivity contribution is 6.30. The Labute approximate surface area is 126 Å². The lowest BCUT2D eigenvalue weighted by Gasteiger charge is -2.08. The van der Waals surface area contributed by atoms with Crippen molar-refractivity contribution in [3.05, 3.63) is 58.4 Å². The van der Waals surface area contributed by atoms with Gasteiger partial charge in [-0.25, -0.2) is 9.18 Å². The molecule has 2 aromatic rings. The molecule has 4 nitrogen and oxygen atoms in total. The molecule has 0 saturated carbocycles. The van der Waals surface area contributed by atoms with Crippen molar-refractivity contribution < 1.29 is 18.7 Å². The molecule has 0 amide bonds. The van der Waals surface area contributed by atoms with Crippen LogP contribution in [0.5, 0.6) is 5.75 Å². The maximum atomic E-state index is 13.0. The second-order valence-corrected chi connectivity index (χ2v) is 4.73. The summed E-state index contributed by atoms with van der Waals surface area (Å²) >= 11 is 5.66. The van der Waals surface area contributed by atoms with Gasteiger partial charge in [-0.3, -0.25) is 0 Å². The molecule has 0 bridgehead atoms. The molecule has 2 N–H and O–H groups in total. The minimum absolute atomic E-state index is 0.0179. The fraction of sp³-hybridized carbons (Fsp3) is 0.133. The topological polar surface area (TPSA) is 61.5 Å². The zero-order chi connectivity index (χ0) is 15.4. The average Bonchev–Trinajstić information content (AvgIpc) is 2.47. The van der Waals surface area contributed by atoms with Gasteiger partial charge in [-0.1, -0.05) is 17.7 Å². The predicted molar refractivity (Wildman–Crippen MR) is 77.9 cm³/mol. The van der Waals surface area contributed by atoms with E-state index in [1.165, 1.54) is 37.4 Å². The first-order chi connectivity index (χ1) is 9.99. The van der Waals surface area contributed by atoms with E-state index >= 15 is 0 Å². The van der Waals surface area contributed by atoms with Gasteiger partial charge in [-0.15, -0.1) is 0 Å². The number of ether oxygens (including phenoxy) is 2. The standard InChI is InChI=1S/C15H13ClFNO3/c1-20-12-6-10(5-11(18)7-12)15(19)21-8-9-2-3-14(17)13(16)4-9/h2-7H,8,18H2,1H3. The van der Waals surface area contributed by atoms with Crippen LogP contribution in [-0.4, -0.2) is 13.1 Å². The summed E-state index contributed by atoms with van der Waals surface area (Å²) in [5.41, 5.74) is 6.93. The number of benzene rings is 2. The molecule has 110 valence electrons. The summed E-state index contributed by atoms with van der Waals surface area (Å²) < 4.78 is 23.2. The Morgan fingerprint density at radius 1 is 1.29 bits per heavy atom. The molecule has 0 fully saturated rings. The van der Waals surface area contributed by atoms with Crippen LogP contribution < -0.4 is 10.5 Å². The molecule has 0 atom stereocenters. The summed E-state index contributed by atoms with van der Waals surface area (Å²) in [6.45, 7) is -0.0179. The van der Waals surface area contributed by atoms with Crippen LogP contribution in [0.2, 0.25) is 5.02 Å². The molecule has 0 aliphatic carbocycles. The van der Waals surface area contributed by atoms with Gasteiger partial charge in [0.15, 0.2) is 0 Å². The van der Waals surface area contributed by atoms with Crippen molar-refractivity contribution in [3.8, 4) is 5.75 Å². The van der Waals surface area contributed by atoms with Gasteiger partial charge in [0.25, 0.3) is 0 Å². The Kier molecular flexibility index (Phi) is 4.65. The second-order valence-electron chi connectivity index (χ2n) is 4.32. The van der Waals surface area contributed by atoms with Crippen LogP contribution in [0, 0.1) is 5.82 Å². The maximum absolute atomic E-state index is 13.0. The van der Waals surface area contributed by atoms with Gasteiger partial charge in [-0.05, 0) is 29.8 Å². The van der Waals surface area contributed by atoms with E-state index in [9.17, 15) is 9.18 Å². The van der Waals surface area contributed by atoms with E-state index < -0.39 is 11.8 Å². The first-order valence-corrected chi connectivity index (χ1v) is 6.43. The van der Waals surface area contributed by atoms with Crippen molar-refractivity contribution in [1.82, 2.24) is 0 Å². The SMILES string of the molecule is COc1cc(N)cc(C(=O)OCc2ccc(F)c(Cl)c2)c1. The number of methoxy groups -OCH3 is 1. The van der Waals surface area contributed by atoms with E-state index in [1.807, 2.05) is 0 Å². The zero-order valence-corrected chi connectivity index (χ0v) is 12.0. The van der Waals surface area contributed by atoms with Gasteiger partial charge in [0.05, 0.1) is 17.7 Å². The second kappa shape index (κ2) is 6.45. The number of nitrogens with two attached hydrogens (primary N) is 1. The molecule has 0 unspecified atom stereocenters. The number of hydrogen-bond acceptors (Lipinski definition) is 4. The summed E-state index contributed by atoms with van der Waals surface area (Å²) in [4.78, 5) is 11.9. The van der Waals surface area contributed by atoms with Crippen molar-refractivity contribution in [3.63, 3.8) is 0 Å². The van der Waals surface area contributed by atoms with Crippen LogP contribution in [0.3, 0.4) is 0 Å². The van der Waals surface area contributed by atoms with Gasteiger partial charge in [-0.2, -0.15) is 0 Å². The molecule has 0 aliphatic heterocycles. The highest BCUT2D eigenvalue weighted by Crippen LogP contribution is 2.20. The van der Waals surface area contributed by atoms with Gasteiger partial charge in [0.2, 0.25) is 0 Å². The van der Waals surface area contributed by atoms with E-state index in [-0.39, 0.29) is 17.2 Å². The number of esters is 1. The Balaban J connectivity index is 2.07. The molecule has 0 aromatic heterocycles. The summed E-state index contributed by atoms with van der Waals surface area (Å²) in [6.07, 6.45) is 0. The molecule has 21 heavy (non-hydrogen) atoms. The lowest BCUT2D eigenvalue weighted by atomic mass is 10.2. The summed E-state index contributed by atoms with van der Waals surface area (Å²) in [5.74, 6) is -0.611. The van der Waals surface area contributed by atoms with Crippen LogP contribution in [0.1, 0.15) is 15.9 Å². The van der Waals surface area contributed by atoms with Crippen molar-refractivity contribution in [2.45, 2.75) is 6.61 Å². The van der Waals surface area contributed by atoms with Gasteiger partial charge >= 0.3 is 5.97 Å². The number of carbonyl (C=O) groups is 1. The number of rotatable bonds is 4.